The fourth-order valence-corrected chi connectivity index (χ4v) is 1.18. The number of nitrogens with two attached hydrogens (primary N) is 1. The first kappa shape index (κ1) is 10.2. The van der Waals surface area contributed by atoms with Gasteiger partial charge in [0.2, 0.25) is 0 Å². The van der Waals surface area contributed by atoms with Crippen LogP contribution in [0, 0.1) is 5.82 Å². The summed E-state index contributed by atoms with van der Waals surface area (Å²) in [4.78, 5) is 0. The first-order chi connectivity index (χ1) is 6.06. The highest BCUT2D eigenvalue weighted by Crippen LogP contribution is 2.29. The third-order valence-electron chi connectivity index (χ3n) is 1.64. The molecule has 0 spiro atoms. The Morgan fingerprint density at radius 2 is 2.15 bits per heavy atom. The Bertz CT molecular complexity index is 319. The standard InChI is InChI=1S/C8H9ClFNO2/c9-4-1-5(7(12)3-11)8(13)6(10)2-4/h1-2,7,12-13H,3,11H2. The number of hydrogen-bond donors (Lipinski definition) is 3. The van der Waals surface area contributed by atoms with Crippen LogP contribution in [0.15, 0.2) is 12.1 Å². The van der Waals surface area contributed by atoms with Crippen molar-refractivity contribution >= 4 is 11.6 Å². The van der Waals surface area contributed by atoms with Crippen LogP contribution in [0.1, 0.15) is 11.7 Å². The number of aliphatic hydroxyl groups excluding tert-OH is 1. The smallest absolute Gasteiger partial charge is 0.166 e. The average Bonchev–Trinajstić information content (AvgIpc) is 2.10. The Hall–Kier alpha value is -0.840. The molecule has 1 aromatic carbocycles. The molecule has 0 radical (unpaired) electrons. The summed E-state index contributed by atoms with van der Waals surface area (Å²) < 4.78 is 12.9. The number of aliphatic hydroxyl groups is 1. The SMILES string of the molecule is NCC(O)c1cc(Cl)cc(F)c1O. The maximum absolute atomic E-state index is 12.9. The number of phenols is 1. The van der Waals surface area contributed by atoms with Crippen molar-refractivity contribution in [3.8, 4) is 5.75 Å². The first-order valence-corrected chi connectivity index (χ1v) is 4.00. The summed E-state index contributed by atoms with van der Waals surface area (Å²) in [6, 6.07) is 2.24. The zero-order valence-corrected chi connectivity index (χ0v) is 7.42. The topological polar surface area (TPSA) is 66.5 Å². The lowest BCUT2D eigenvalue weighted by atomic mass is 10.1. The Balaban J connectivity index is 3.20. The fraction of sp³-hybridized carbons (Fsp3) is 0.250. The predicted molar refractivity (Wildman–Crippen MR) is 47.1 cm³/mol. The van der Waals surface area contributed by atoms with E-state index >= 15 is 0 Å². The van der Waals surface area contributed by atoms with Gasteiger partial charge in [-0.25, -0.2) is 4.39 Å². The van der Waals surface area contributed by atoms with Crippen molar-refractivity contribution in [3.63, 3.8) is 0 Å². The highest BCUT2D eigenvalue weighted by atomic mass is 35.5. The normalized spacial score (nSPS) is 12.9. The van der Waals surface area contributed by atoms with Gasteiger partial charge >= 0.3 is 0 Å². The van der Waals surface area contributed by atoms with Gasteiger partial charge in [0.05, 0.1) is 6.10 Å². The number of halogens is 2. The molecule has 1 aromatic rings. The van der Waals surface area contributed by atoms with Crippen LogP contribution in [0.3, 0.4) is 0 Å². The lowest BCUT2D eigenvalue weighted by Crippen LogP contribution is -2.12. The number of phenolic OH excluding ortho intramolecular Hbond substituents is 1. The minimum absolute atomic E-state index is 0.00694. The van der Waals surface area contributed by atoms with Gasteiger partial charge in [0.15, 0.2) is 11.6 Å². The first-order valence-electron chi connectivity index (χ1n) is 3.62. The minimum atomic E-state index is -1.10. The molecule has 1 atom stereocenters. The number of aromatic hydroxyl groups is 1. The van der Waals surface area contributed by atoms with Gasteiger partial charge in [0.1, 0.15) is 0 Å². The zero-order valence-electron chi connectivity index (χ0n) is 6.67. The second-order valence-corrected chi connectivity index (χ2v) is 3.01. The quantitative estimate of drug-likeness (QED) is 0.679. The molecule has 0 saturated carbocycles. The summed E-state index contributed by atoms with van der Waals surface area (Å²) in [5.41, 5.74) is 5.15. The van der Waals surface area contributed by atoms with Crippen molar-refractivity contribution in [1.29, 1.82) is 0 Å². The number of benzene rings is 1. The van der Waals surface area contributed by atoms with Crippen LogP contribution < -0.4 is 5.73 Å². The molecular formula is C8H9ClFNO2. The van der Waals surface area contributed by atoms with Crippen LogP contribution in [-0.4, -0.2) is 16.8 Å². The maximum atomic E-state index is 12.9. The molecule has 1 unspecified atom stereocenters. The number of rotatable bonds is 2. The van der Waals surface area contributed by atoms with Crippen molar-refractivity contribution in [2.24, 2.45) is 5.73 Å². The maximum Gasteiger partial charge on any atom is 0.166 e. The van der Waals surface area contributed by atoms with Crippen LogP contribution in [0.2, 0.25) is 5.02 Å². The van der Waals surface area contributed by atoms with Gasteiger partial charge in [0, 0.05) is 17.1 Å². The predicted octanol–water partition coefficient (Wildman–Crippen LogP) is 1.18. The second kappa shape index (κ2) is 3.91. The van der Waals surface area contributed by atoms with Gasteiger partial charge in [0.25, 0.3) is 0 Å². The molecule has 0 aromatic heterocycles. The van der Waals surface area contributed by atoms with Gasteiger partial charge in [-0.3, -0.25) is 0 Å². The molecule has 0 saturated heterocycles. The molecule has 13 heavy (non-hydrogen) atoms. The summed E-state index contributed by atoms with van der Waals surface area (Å²) >= 11 is 5.52. The van der Waals surface area contributed by atoms with Gasteiger partial charge in [-0.15, -0.1) is 0 Å². The van der Waals surface area contributed by atoms with Crippen molar-refractivity contribution in [2.45, 2.75) is 6.10 Å². The summed E-state index contributed by atoms with van der Waals surface area (Å²) in [6.07, 6.45) is -1.10. The highest BCUT2D eigenvalue weighted by Gasteiger charge is 2.15. The molecule has 0 amide bonds. The van der Waals surface area contributed by atoms with E-state index in [1.54, 1.807) is 0 Å². The van der Waals surface area contributed by atoms with Gasteiger partial charge < -0.3 is 15.9 Å². The van der Waals surface area contributed by atoms with E-state index in [2.05, 4.69) is 0 Å². The Labute approximate surface area is 79.6 Å². The van der Waals surface area contributed by atoms with Crippen molar-refractivity contribution in [3.05, 3.63) is 28.5 Å². The number of hydrogen-bond acceptors (Lipinski definition) is 3. The molecule has 72 valence electrons. The van der Waals surface area contributed by atoms with E-state index in [0.717, 1.165) is 6.07 Å². The van der Waals surface area contributed by atoms with Gasteiger partial charge in [-0.05, 0) is 12.1 Å². The summed E-state index contributed by atoms with van der Waals surface area (Å²) in [5, 5.41) is 18.5. The molecule has 1 rings (SSSR count). The Morgan fingerprint density at radius 1 is 1.54 bits per heavy atom. The summed E-state index contributed by atoms with van der Waals surface area (Å²) in [5.74, 6) is -1.47. The zero-order chi connectivity index (χ0) is 10.0. The Kier molecular flexibility index (Phi) is 3.08. The highest BCUT2D eigenvalue weighted by molar-refractivity contribution is 6.30. The van der Waals surface area contributed by atoms with Crippen LogP contribution in [0.5, 0.6) is 5.75 Å². The third kappa shape index (κ3) is 2.09. The van der Waals surface area contributed by atoms with Crippen molar-refractivity contribution < 1.29 is 14.6 Å². The average molecular weight is 206 g/mol. The summed E-state index contributed by atoms with van der Waals surface area (Å²) in [6.45, 7) is -0.104. The molecular weight excluding hydrogens is 197 g/mol. The molecule has 4 N–H and O–H groups in total. The van der Waals surface area contributed by atoms with Crippen LogP contribution in [0.4, 0.5) is 4.39 Å². The van der Waals surface area contributed by atoms with Crippen molar-refractivity contribution in [1.82, 2.24) is 0 Å². The molecule has 0 aliphatic heterocycles. The van der Waals surface area contributed by atoms with E-state index in [9.17, 15) is 14.6 Å². The lowest BCUT2D eigenvalue weighted by Gasteiger charge is -2.10. The van der Waals surface area contributed by atoms with Crippen LogP contribution in [0.25, 0.3) is 0 Å². The molecule has 0 bridgehead atoms. The van der Waals surface area contributed by atoms with E-state index in [1.165, 1.54) is 6.07 Å². The molecule has 0 heterocycles. The van der Waals surface area contributed by atoms with Gasteiger partial charge in [-0.1, -0.05) is 11.6 Å². The lowest BCUT2D eigenvalue weighted by molar-refractivity contribution is 0.181. The van der Waals surface area contributed by atoms with Gasteiger partial charge in [-0.2, -0.15) is 0 Å². The van der Waals surface area contributed by atoms with E-state index in [4.69, 9.17) is 17.3 Å². The summed E-state index contributed by atoms with van der Waals surface area (Å²) in [7, 11) is 0. The van der Waals surface area contributed by atoms with E-state index in [-0.39, 0.29) is 17.1 Å². The minimum Gasteiger partial charge on any atom is -0.505 e. The third-order valence-corrected chi connectivity index (χ3v) is 1.86. The fourth-order valence-electron chi connectivity index (χ4n) is 0.967. The molecule has 3 nitrogen and oxygen atoms in total. The second-order valence-electron chi connectivity index (χ2n) is 2.58. The monoisotopic (exact) mass is 205 g/mol. The molecule has 0 aliphatic rings. The molecule has 0 fully saturated rings. The Morgan fingerprint density at radius 3 is 2.69 bits per heavy atom. The molecule has 5 heteroatoms. The largest absolute Gasteiger partial charge is 0.505 e. The van der Waals surface area contributed by atoms with E-state index in [0.29, 0.717) is 0 Å². The van der Waals surface area contributed by atoms with Crippen molar-refractivity contribution in [2.75, 3.05) is 6.54 Å². The van der Waals surface area contributed by atoms with Crippen LogP contribution >= 0.6 is 11.6 Å². The van der Waals surface area contributed by atoms with E-state index in [1.807, 2.05) is 0 Å². The van der Waals surface area contributed by atoms with Crippen LogP contribution in [-0.2, 0) is 0 Å². The van der Waals surface area contributed by atoms with E-state index < -0.39 is 17.7 Å². The molecule has 0 aliphatic carbocycles.